The van der Waals surface area contributed by atoms with Crippen LogP contribution in [0.1, 0.15) is 60.7 Å². The minimum absolute atomic E-state index is 0.0248. The van der Waals surface area contributed by atoms with Crippen molar-refractivity contribution in [2.24, 2.45) is 11.3 Å². The zero-order chi connectivity index (χ0) is 24.4. The van der Waals surface area contributed by atoms with Crippen molar-refractivity contribution in [1.29, 1.82) is 5.26 Å². The van der Waals surface area contributed by atoms with Crippen molar-refractivity contribution in [2.45, 2.75) is 64.7 Å². The molecule has 0 aliphatic heterocycles. The van der Waals surface area contributed by atoms with Gasteiger partial charge >= 0.3 is 6.18 Å². The van der Waals surface area contributed by atoms with Crippen LogP contribution in [0, 0.1) is 29.6 Å². The SMILES string of the molecule is Cc1ccc(CNC(=O)CSc2nc3c(c(C(F)(F)F)c2C#N)CC(C(C)(C)C)CC3)cc1. The molecule has 1 aromatic carbocycles. The molecule has 0 radical (unpaired) electrons. The first kappa shape index (κ1) is 25.1. The topological polar surface area (TPSA) is 65.8 Å². The number of hydrogen-bond donors (Lipinski definition) is 1. The summed E-state index contributed by atoms with van der Waals surface area (Å²) in [6, 6.07) is 9.42. The van der Waals surface area contributed by atoms with E-state index in [1.807, 2.05) is 52.0 Å². The van der Waals surface area contributed by atoms with E-state index in [0.29, 0.717) is 18.7 Å². The number of nitriles is 1. The summed E-state index contributed by atoms with van der Waals surface area (Å²) in [6.45, 7) is 8.36. The van der Waals surface area contributed by atoms with Gasteiger partial charge in [-0.15, -0.1) is 0 Å². The number of fused-ring (bicyclic) bond motifs is 1. The summed E-state index contributed by atoms with van der Waals surface area (Å²) in [6.07, 6.45) is -3.24. The van der Waals surface area contributed by atoms with E-state index in [2.05, 4.69) is 10.3 Å². The Kier molecular flexibility index (Phi) is 7.42. The van der Waals surface area contributed by atoms with Crippen LogP contribution in [0.4, 0.5) is 13.2 Å². The van der Waals surface area contributed by atoms with Crippen molar-refractivity contribution in [3.63, 3.8) is 0 Å². The molecule has 1 heterocycles. The monoisotopic (exact) mass is 475 g/mol. The number of aryl methyl sites for hydroxylation is 2. The largest absolute Gasteiger partial charge is 0.418 e. The van der Waals surface area contributed by atoms with Gasteiger partial charge in [0.2, 0.25) is 5.91 Å². The van der Waals surface area contributed by atoms with Crippen LogP contribution in [-0.4, -0.2) is 16.6 Å². The fourth-order valence-corrected chi connectivity index (χ4v) is 4.92. The highest BCUT2D eigenvalue weighted by atomic mass is 32.2. The van der Waals surface area contributed by atoms with E-state index in [0.717, 1.165) is 29.3 Å². The van der Waals surface area contributed by atoms with E-state index in [9.17, 15) is 23.2 Å². The van der Waals surface area contributed by atoms with Crippen molar-refractivity contribution >= 4 is 17.7 Å². The summed E-state index contributed by atoms with van der Waals surface area (Å²) in [4.78, 5) is 16.8. The average Bonchev–Trinajstić information content (AvgIpc) is 2.74. The lowest BCUT2D eigenvalue weighted by molar-refractivity contribution is -0.139. The number of alkyl halides is 3. The number of amides is 1. The predicted octanol–water partition coefficient (Wildman–Crippen LogP) is 5.84. The van der Waals surface area contributed by atoms with Gasteiger partial charge in [0, 0.05) is 12.2 Å². The highest BCUT2D eigenvalue weighted by molar-refractivity contribution is 8.00. The fraction of sp³-hybridized carbons (Fsp3) is 0.480. The molecule has 0 saturated heterocycles. The molecule has 3 rings (SSSR count). The summed E-state index contributed by atoms with van der Waals surface area (Å²) in [5.74, 6) is -0.371. The molecule has 1 amide bonds. The van der Waals surface area contributed by atoms with Crippen molar-refractivity contribution in [1.82, 2.24) is 10.3 Å². The van der Waals surface area contributed by atoms with Gasteiger partial charge in [-0.3, -0.25) is 4.79 Å². The summed E-state index contributed by atoms with van der Waals surface area (Å²) < 4.78 is 42.3. The molecule has 0 bridgehead atoms. The minimum Gasteiger partial charge on any atom is -0.351 e. The van der Waals surface area contributed by atoms with Crippen LogP contribution < -0.4 is 5.32 Å². The van der Waals surface area contributed by atoms with Crippen LogP contribution in [0.3, 0.4) is 0 Å². The number of halogens is 3. The molecule has 1 N–H and O–H groups in total. The Morgan fingerprint density at radius 1 is 1.24 bits per heavy atom. The van der Waals surface area contributed by atoms with Gasteiger partial charge in [-0.1, -0.05) is 62.4 Å². The maximum atomic E-state index is 14.1. The fourth-order valence-electron chi connectivity index (χ4n) is 4.09. The number of pyridine rings is 1. The molecule has 4 nitrogen and oxygen atoms in total. The first-order valence-electron chi connectivity index (χ1n) is 10.9. The van der Waals surface area contributed by atoms with Gasteiger partial charge in [-0.05, 0) is 48.6 Å². The molecule has 1 unspecified atom stereocenters. The normalized spacial score (nSPS) is 16.1. The third kappa shape index (κ3) is 6.08. The number of carbonyl (C=O) groups is 1. The van der Waals surface area contributed by atoms with E-state index in [1.54, 1.807) is 6.07 Å². The zero-order valence-corrected chi connectivity index (χ0v) is 20.1. The second-order valence-electron chi connectivity index (χ2n) is 9.56. The third-order valence-electron chi connectivity index (χ3n) is 6.10. The van der Waals surface area contributed by atoms with E-state index < -0.39 is 17.3 Å². The third-order valence-corrected chi connectivity index (χ3v) is 7.08. The number of aromatic nitrogens is 1. The number of nitrogens with one attached hydrogen (secondary N) is 1. The molecule has 1 aliphatic rings. The zero-order valence-electron chi connectivity index (χ0n) is 19.3. The van der Waals surface area contributed by atoms with E-state index in [1.165, 1.54) is 0 Å². The van der Waals surface area contributed by atoms with Gasteiger partial charge in [0.1, 0.15) is 11.1 Å². The van der Waals surface area contributed by atoms with E-state index in [4.69, 9.17) is 0 Å². The molecular weight excluding hydrogens is 447 g/mol. The molecule has 1 aromatic heterocycles. The molecule has 1 atom stereocenters. The smallest absolute Gasteiger partial charge is 0.351 e. The standard InChI is InChI=1S/C25H28F3N3OS/c1-15-5-7-16(8-6-15)13-30-21(32)14-33-23-19(12-29)22(25(26,27)28)18-11-17(24(2,3)4)9-10-20(18)31-23/h5-8,17H,9-11,13-14H2,1-4H3,(H,30,32). The van der Waals surface area contributed by atoms with Crippen molar-refractivity contribution in [2.75, 3.05) is 5.75 Å². The molecular formula is C25H28F3N3OS. The number of rotatable bonds is 5. The Hall–Kier alpha value is -2.53. The lowest BCUT2D eigenvalue weighted by Gasteiger charge is -2.36. The van der Waals surface area contributed by atoms with Crippen LogP contribution in [0.5, 0.6) is 0 Å². The second-order valence-corrected chi connectivity index (χ2v) is 10.5. The van der Waals surface area contributed by atoms with Crippen LogP contribution in [0.2, 0.25) is 0 Å². The van der Waals surface area contributed by atoms with Gasteiger partial charge in [-0.2, -0.15) is 18.4 Å². The van der Waals surface area contributed by atoms with Gasteiger partial charge in [0.25, 0.3) is 0 Å². The molecule has 0 fully saturated rings. The summed E-state index contributed by atoms with van der Waals surface area (Å²) in [5.41, 5.74) is 1.06. The van der Waals surface area contributed by atoms with Gasteiger partial charge in [0.05, 0.1) is 16.9 Å². The highest BCUT2D eigenvalue weighted by Gasteiger charge is 2.42. The maximum Gasteiger partial charge on any atom is 0.418 e. The van der Waals surface area contributed by atoms with Gasteiger partial charge < -0.3 is 5.32 Å². The number of hydrogen-bond acceptors (Lipinski definition) is 4. The van der Waals surface area contributed by atoms with Gasteiger partial charge in [0.15, 0.2) is 0 Å². The van der Waals surface area contributed by atoms with Crippen molar-refractivity contribution in [3.05, 3.63) is 57.8 Å². The molecule has 2 aromatic rings. The number of nitrogens with zero attached hydrogens (tertiary/aromatic N) is 2. The number of thioether (sulfide) groups is 1. The summed E-state index contributed by atoms with van der Waals surface area (Å²) in [7, 11) is 0. The predicted molar refractivity (Wildman–Crippen MR) is 123 cm³/mol. The highest BCUT2D eigenvalue weighted by Crippen LogP contribution is 2.44. The maximum absolute atomic E-state index is 14.1. The minimum atomic E-state index is -4.67. The number of carbonyl (C=O) groups excluding carboxylic acids is 1. The Morgan fingerprint density at radius 2 is 1.91 bits per heavy atom. The van der Waals surface area contributed by atoms with Crippen LogP contribution in [-0.2, 0) is 30.4 Å². The Bertz CT molecular complexity index is 1070. The van der Waals surface area contributed by atoms with Crippen molar-refractivity contribution in [3.8, 4) is 6.07 Å². The molecule has 0 spiro atoms. The van der Waals surface area contributed by atoms with Crippen molar-refractivity contribution < 1.29 is 18.0 Å². The second kappa shape index (κ2) is 9.76. The molecule has 33 heavy (non-hydrogen) atoms. The lowest BCUT2D eigenvalue weighted by atomic mass is 9.70. The Morgan fingerprint density at radius 3 is 2.48 bits per heavy atom. The summed E-state index contributed by atoms with van der Waals surface area (Å²) >= 11 is 0.881. The van der Waals surface area contributed by atoms with E-state index in [-0.39, 0.29) is 40.0 Å². The number of benzene rings is 1. The molecule has 8 heteroatoms. The lowest BCUT2D eigenvalue weighted by Crippen LogP contribution is -2.30. The quantitative estimate of drug-likeness (QED) is 0.552. The first-order valence-corrected chi connectivity index (χ1v) is 11.9. The Balaban J connectivity index is 1.82. The first-order chi connectivity index (χ1) is 15.4. The van der Waals surface area contributed by atoms with Crippen LogP contribution in [0.25, 0.3) is 0 Å². The van der Waals surface area contributed by atoms with Gasteiger partial charge in [-0.25, -0.2) is 4.98 Å². The Labute approximate surface area is 197 Å². The molecule has 0 saturated carbocycles. The average molecular weight is 476 g/mol. The van der Waals surface area contributed by atoms with Crippen LogP contribution >= 0.6 is 11.8 Å². The molecule has 1 aliphatic carbocycles. The summed E-state index contributed by atoms with van der Waals surface area (Å²) in [5, 5.41) is 12.4. The van der Waals surface area contributed by atoms with E-state index >= 15 is 0 Å². The molecule has 176 valence electrons. The van der Waals surface area contributed by atoms with Crippen LogP contribution in [0.15, 0.2) is 29.3 Å².